The van der Waals surface area contributed by atoms with Gasteiger partial charge in [-0.3, -0.25) is 0 Å². The van der Waals surface area contributed by atoms with Gasteiger partial charge in [-0.25, -0.2) is 0 Å². The zero-order valence-electron chi connectivity index (χ0n) is 10.7. The lowest BCUT2D eigenvalue weighted by Gasteiger charge is -2.16. The van der Waals surface area contributed by atoms with Gasteiger partial charge in [0.25, 0.3) is 0 Å². The van der Waals surface area contributed by atoms with E-state index in [0.29, 0.717) is 5.92 Å². The SMILES string of the molecule is CCCC(C)c1ccccc1-c1ccccc1. The molecular formula is C17H20. The highest BCUT2D eigenvalue weighted by Crippen LogP contribution is 2.31. The van der Waals surface area contributed by atoms with Crippen molar-refractivity contribution in [2.45, 2.75) is 32.6 Å². The molecule has 0 saturated heterocycles. The molecule has 0 heteroatoms. The molecule has 0 aliphatic rings. The lowest BCUT2D eigenvalue weighted by molar-refractivity contribution is 0.666. The normalized spacial score (nSPS) is 12.4. The summed E-state index contributed by atoms with van der Waals surface area (Å²) < 4.78 is 0. The highest BCUT2D eigenvalue weighted by molar-refractivity contribution is 5.67. The molecular weight excluding hydrogens is 204 g/mol. The Kier molecular flexibility index (Phi) is 3.98. The Labute approximate surface area is 104 Å². The molecule has 0 bridgehead atoms. The van der Waals surface area contributed by atoms with Crippen LogP contribution in [0.25, 0.3) is 11.1 Å². The van der Waals surface area contributed by atoms with Crippen LogP contribution in [0.4, 0.5) is 0 Å². The molecule has 2 aromatic carbocycles. The molecule has 0 nitrogen and oxygen atoms in total. The van der Waals surface area contributed by atoms with Gasteiger partial charge >= 0.3 is 0 Å². The Morgan fingerprint density at radius 2 is 1.53 bits per heavy atom. The van der Waals surface area contributed by atoms with Crippen LogP contribution in [0.5, 0.6) is 0 Å². The van der Waals surface area contributed by atoms with E-state index in [1.807, 2.05) is 0 Å². The van der Waals surface area contributed by atoms with E-state index in [1.165, 1.54) is 29.5 Å². The van der Waals surface area contributed by atoms with Crippen LogP contribution in [-0.2, 0) is 0 Å². The predicted molar refractivity (Wildman–Crippen MR) is 75.2 cm³/mol. The lowest BCUT2D eigenvalue weighted by Crippen LogP contribution is -1.96. The van der Waals surface area contributed by atoms with E-state index in [9.17, 15) is 0 Å². The van der Waals surface area contributed by atoms with Crippen molar-refractivity contribution in [1.29, 1.82) is 0 Å². The highest BCUT2D eigenvalue weighted by atomic mass is 14.1. The minimum Gasteiger partial charge on any atom is -0.0654 e. The summed E-state index contributed by atoms with van der Waals surface area (Å²) in [6.07, 6.45) is 2.49. The fraction of sp³-hybridized carbons (Fsp3) is 0.294. The molecule has 0 heterocycles. The first kappa shape index (κ1) is 11.9. The number of rotatable bonds is 4. The molecule has 0 amide bonds. The Morgan fingerprint density at radius 1 is 0.882 bits per heavy atom. The third kappa shape index (κ3) is 2.76. The Balaban J connectivity index is 2.41. The Hall–Kier alpha value is -1.56. The molecule has 2 aromatic rings. The monoisotopic (exact) mass is 224 g/mol. The van der Waals surface area contributed by atoms with Gasteiger partial charge in [-0.15, -0.1) is 0 Å². The minimum absolute atomic E-state index is 0.636. The minimum atomic E-state index is 0.636. The van der Waals surface area contributed by atoms with Crippen LogP contribution >= 0.6 is 0 Å². The van der Waals surface area contributed by atoms with Crippen LogP contribution in [0.1, 0.15) is 38.2 Å². The van der Waals surface area contributed by atoms with Gasteiger partial charge in [0.15, 0.2) is 0 Å². The molecule has 0 aliphatic carbocycles. The fourth-order valence-electron chi connectivity index (χ4n) is 2.40. The summed E-state index contributed by atoms with van der Waals surface area (Å²) in [4.78, 5) is 0. The Morgan fingerprint density at radius 3 is 2.24 bits per heavy atom. The Bertz CT molecular complexity index is 456. The molecule has 2 rings (SSSR count). The predicted octanol–water partition coefficient (Wildman–Crippen LogP) is 5.26. The maximum absolute atomic E-state index is 2.32. The quantitative estimate of drug-likeness (QED) is 0.664. The first-order valence-corrected chi connectivity index (χ1v) is 6.47. The summed E-state index contributed by atoms with van der Waals surface area (Å²) >= 11 is 0. The second-order valence-corrected chi connectivity index (χ2v) is 4.64. The van der Waals surface area contributed by atoms with Gasteiger partial charge < -0.3 is 0 Å². The van der Waals surface area contributed by atoms with E-state index in [2.05, 4.69) is 68.4 Å². The van der Waals surface area contributed by atoms with E-state index in [4.69, 9.17) is 0 Å². The lowest BCUT2D eigenvalue weighted by atomic mass is 9.89. The van der Waals surface area contributed by atoms with Crippen LogP contribution in [0.15, 0.2) is 54.6 Å². The van der Waals surface area contributed by atoms with E-state index in [0.717, 1.165) is 0 Å². The molecule has 0 aromatic heterocycles. The standard InChI is InChI=1S/C17H20/c1-3-9-14(2)16-12-7-8-13-17(16)15-10-5-4-6-11-15/h4-8,10-14H,3,9H2,1-2H3. The molecule has 0 fully saturated rings. The molecule has 1 unspecified atom stereocenters. The van der Waals surface area contributed by atoms with Crippen molar-refractivity contribution >= 4 is 0 Å². The second-order valence-electron chi connectivity index (χ2n) is 4.64. The second kappa shape index (κ2) is 5.67. The van der Waals surface area contributed by atoms with E-state index in [1.54, 1.807) is 0 Å². The molecule has 0 aliphatic heterocycles. The summed E-state index contributed by atoms with van der Waals surface area (Å²) in [5.41, 5.74) is 4.18. The average molecular weight is 224 g/mol. The van der Waals surface area contributed by atoms with Crippen molar-refractivity contribution in [2.75, 3.05) is 0 Å². The van der Waals surface area contributed by atoms with Gasteiger partial charge in [-0.2, -0.15) is 0 Å². The van der Waals surface area contributed by atoms with Crippen molar-refractivity contribution in [3.8, 4) is 11.1 Å². The molecule has 0 saturated carbocycles. The van der Waals surface area contributed by atoms with Crippen molar-refractivity contribution < 1.29 is 0 Å². The highest BCUT2D eigenvalue weighted by Gasteiger charge is 2.10. The summed E-state index contributed by atoms with van der Waals surface area (Å²) in [5.74, 6) is 0.636. The van der Waals surface area contributed by atoms with E-state index < -0.39 is 0 Å². The van der Waals surface area contributed by atoms with Crippen LogP contribution in [0, 0.1) is 0 Å². The van der Waals surface area contributed by atoms with Crippen LogP contribution < -0.4 is 0 Å². The van der Waals surface area contributed by atoms with Gasteiger partial charge in [0.1, 0.15) is 0 Å². The van der Waals surface area contributed by atoms with Gasteiger partial charge in [0.2, 0.25) is 0 Å². The van der Waals surface area contributed by atoms with Crippen molar-refractivity contribution in [2.24, 2.45) is 0 Å². The molecule has 0 radical (unpaired) electrons. The first-order valence-electron chi connectivity index (χ1n) is 6.47. The topological polar surface area (TPSA) is 0 Å². The molecule has 88 valence electrons. The fourth-order valence-corrected chi connectivity index (χ4v) is 2.40. The maximum Gasteiger partial charge on any atom is -0.0149 e. The zero-order valence-corrected chi connectivity index (χ0v) is 10.7. The van der Waals surface area contributed by atoms with Gasteiger partial charge in [0, 0.05) is 0 Å². The summed E-state index contributed by atoms with van der Waals surface area (Å²) in [7, 11) is 0. The van der Waals surface area contributed by atoms with Crippen LogP contribution in [0.2, 0.25) is 0 Å². The largest absolute Gasteiger partial charge is 0.0654 e. The number of hydrogen-bond donors (Lipinski definition) is 0. The number of benzene rings is 2. The van der Waals surface area contributed by atoms with E-state index in [-0.39, 0.29) is 0 Å². The van der Waals surface area contributed by atoms with Gasteiger partial charge in [-0.1, -0.05) is 74.9 Å². The molecule has 0 N–H and O–H groups in total. The molecule has 1 atom stereocenters. The summed E-state index contributed by atoms with van der Waals surface area (Å²) in [6, 6.07) is 19.4. The average Bonchev–Trinajstić information content (AvgIpc) is 2.40. The van der Waals surface area contributed by atoms with Crippen molar-refractivity contribution in [1.82, 2.24) is 0 Å². The van der Waals surface area contributed by atoms with Gasteiger partial charge in [-0.05, 0) is 29.0 Å². The van der Waals surface area contributed by atoms with Crippen molar-refractivity contribution in [3.63, 3.8) is 0 Å². The number of hydrogen-bond acceptors (Lipinski definition) is 0. The van der Waals surface area contributed by atoms with Crippen LogP contribution in [0.3, 0.4) is 0 Å². The van der Waals surface area contributed by atoms with Gasteiger partial charge in [0.05, 0.1) is 0 Å². The summed E-state index contributed by atoms with van der Waals surface area (Å²) in [6.45, 7) is 4.58. The first-order chi connectivity index (χ1) is 8.33. The molecule has 17 heavy (non-hydrogen) atoms. The van der Waals surface area contributed by atoms with Crippen LogP contribution in [-0.4, -0.2) is 0 Å². The zero-order chi connectivity index (χ0) is 12.1. The smallest absolute Gasteiger partial charge is 0.0149 e. The molecule has 0 spiro atoms. The summed E-state index contributed by atoms with van der Waals surface area (Å²) in [5, 5.41) is 0. The maximum atomic E-state index is 2.32. The third-order valence-corrected chi connectivity index (χ3v) is 3.30. The third-order valence-electron chi connectivity index (χ3n) is 3.30. The van der Waals surface area contributed by atoms with Crippen molar-refractivity contribution in [3.05, 3.63) is 60.2 Å². The van der Waals surface area contributed by atoms with E-state index >= 15 is 0 Å².